The summed E-state index contributed by atoms with van der Waals surface area (Å²) in [4.78, 5) is 5.33. The topological polar surface area (TPSA) is 93.4 Å². The number of hydroxylamine groups is 2. The van der Waals surface area contributed by atoms with Crippen LogP contribution in [0.15, 0.2) is 0 Å². The molecule has 6 heteroatoms. The Hall–Kier alpha value is -0.240. The molecule has 0 bridgehead atoms. The highest BCUT2D eigenvalue weighted by molar-refractivity contribution is 4.99. The highest BCUT2D eigenvalue weighted by atomic mass is 16.7. The first-order valence-corrected chi connectivity index (χ1v) is 5.53. The second kappa shape index (κ2) is 5.39. The zero-order valence-corrected chi connectivity index (χ0v) is 9.70. The Morgan fingerprint density at radius 3 is 2.56 bits per heavy atom. The minimum atomic E-state index is -1.45. The molecule has 1 aliphatic rings. The maximum atomic E-state index is 9.88. The van der Waals surface area contributed by atoms with E-state index in [-0.39, 0.29) is 13.2 Å². The van der Waals surface area contributed by atoms with Crippen LogP contribution in [0.2, 0.25) is 0 Å². The molecular formula is C10H21NO5. The van der Waals surface area contributed by atoms with E-state index in [1.165, 1.54) is 12.0 Å². The van der Waals surface area contributed by atoms with Crippen molar-refractivity contribution in [3.05, 3.63) is 0 Å². The van der Waals surface area contributed by atoms with Gasteiger partial charge in [0.2, 0.25) is 0 Å². The van der Waals surface area contributed by atoms with E-state index in [9.17, 15) is 15.3 Å². The number of piperidine rings is 1. The predicted molar refractivity (Wildman–Crippen MR) is 56.5 cm³/mol. The molecule has 16 heavy (non-hydrogen) atoms. The highest BCUT2D eigenvalue weighted by Crippen LogP contribution is 2.26. The third kappa shape index (κ3) is 2.71. The molecule has 1 aliphatic heterocycles. The van der Waals surface area contributed by atoms with Gasteiger partial charge in [0.25, 0.3) is 0 Å². The van der Waals surface area contributed by atoms with Gasteiger partial charge in [0, 0.05) is 0 Å². The van der Waals surface area contributed by atoms with Crippen molar-refractivity contribution in [2.45, 2.75) is 44.1 Å². The number of hydrogen-bond donors (Lipinski definition) is 4. The van der Waals surface area contributed by atoms with E-state index < -0.39 is 23.9 Å². The lowest BCUT2D eigenvalue weighted by atomic mass is 9.86. The molecule has 1 rings (SSSR count). The van der Waals surface area contributed by atoms with Gasteiger partial charge in [-0.2, -0.15) is 5.06 Å². The van der Waals surface area contributed by atoms with Crippen LogP contribution >= 0.6 is 0 Å². The fourth-order valence-electron chi connectivity index (χ4n) is 1.82. The third-order valence-corrected chi connectivity index (χ3v) is 2.85. The van der Waals surface area contributed by atoms with Gasteiger partial charge in [0.15, 0.2) is 0 Å². The monoisotopic (exact) mass is 235 g/mol. The molecule has 0 amide bonds. The number of aliphatic hydroxyl groups excluding tert-OH is 3. The van der Waals surface area contributed by atoms with Gasteiger partial charge in [-0.05, 0) is 13.3 Å². The van der Waals surface area contributed by atoms with Crippen LogP contribution in [0.4, 0.5) is 0 Å². The molecular weight excluding hydrogens is 214 g/mol. The largest absolute Gasteiger partial charge is 0.395 e. The summed E-state index contributed by atoms with van der Waals surface area (Å²) < 4.78 is 0. The van der Waals surface area contributed by atoms with E-state index in [0.717, 1.165) is 6.42 Å². The van der Waals surface area contributed by atoms with Crippen LogP contribution < -0.4 is 0 Å². The van der Waals surface area contributed by atoms with E-state index >= 15 is 0 Å². The second-order valence-corrected chi connectivity index (χ2v) is 4.45. The van der Waals surface area contributed by atoms with Gasteiger partial charge in [0.05, 0.1) is 25.8 Å². The van der Waals surface area contributed by atoms with E-state index in [1.54, 1.807) is 0 Å². The average molecular weight is 235 g/mol. The van der Waals surface area contributed by atoms with E-state index in [4.69, 9.17) is 9.94 Å². The molecule has 0 saturated carbocycles. The number of rotatable bonds is 4. The predicted octanol–water partition coefficient (Wildman–Crippen LogP) is -1.52. The quantitative estimate of drug-likeness (QED) is 0.473. The van der Waals surface area contributed by atoms with Crippen LogP contribution in [0.25, 0.3) is 0 Å². The zero-order valence-electron chi connectivity index (χ0n) is 9.70. The maximum Gasteiger partial charge on any atom is 0.111 e. The van der Waals surface area contributed by atoms with Crippen LogP contribution in [0, 0.1) is 0 Å². The van der Waals surface area contributed by atoms with E-state index in [1.807, 2.05) is 6.92 Å². The molecule has 4 N–H and O–H groups in total. The Morgan fingerprint density at radius 1 is 1.44 bits per heavy atom. The molecule has 0 aromatic carbocycles. The van der Waals surface area contributed by atoms with Crippen molar-refractivity contribution in [1.29, 1.82) is 0 Å². The van der Waals surface area contributed by atoms with Crippen LogP contribution in [-0.4, -0.2) is 69.1 Å². The Balaban J connectivity index is 2.74. The molecule has 0 radical (unpaired) electrons. The second-order valence-electron chi connectivity index (χ2n) is 4.45. The fraction of sp³-hybridized carbons (Fsp3) is 1.00. The Kier molecular flexibility index (Phi) is 4.66. The van der Waals surface area contributed by atoms with Gasteiger partial charge in [-0.3, -0.25) is 4.84 Å². The number of hydrogen-bond acceptors (Lipinski definition) is 6. The van der Waals surface area contributed by atoms with Gasteiger partial charge < -0.3 is 20.4 Å². The standard InChI is InChI=1S/C10H21NO5/c1-3-4-16-11-6-10(2,15)9(14)8(13)7(11)5-12/h7-9,12-15H,3-6H2,1-2H3/t7-,8-,9+,10+/m1/s1. The van der Waals surface area contributed by atoms with Crippen LogP contribution in [-0.2, 0) is 4.84 Å². The number of nitrogens with zero attached hydrogens (tertiary/aromatic N) is 1. The van der Waals surface area contributed by atoms with Crippen molar-refractivity contribution in [1.82, 2.24) is 5.06 Å². The summed E-state index contributed by atoms with van der Waals surface area (Å²) >= 11 is 0. The van der Waals surface area contributed by atoms with Crippen molar-refractivity contribution >= 4 is 0 Å². The molecule has 0 spiro atoms. The first-order valence-electron chi connectivity index (χ1n) is 5.53. The average Bonchev–Trinajstić information content (AvgIpc) is 2.23. The van der Waals surface area contributed by atoms with E-state index in [2.05, 4.69) is 0 Å². The smallest absolute Gasteiger partial charge is 0.111 e. The van der Waals surface area contributed by atoms with Gasteiger partial charge in [-0.25, -0.2) is 0 Å². The normalized spacial score (nSPS) is 41.2. The van der Waals surface area contributed by atoms with Crippen LogP contribution in [0.3, 0.4) is 0 Å². The Bertz CT molecular complexity index is 223. The van der Waals surface area contributed by atoms with Crippen molar-refractivity contribution < 1.29 is 25.3 Å². The summed E-state index contributed by atoms with van der Waals surface area (Å²) in [6.45, 7) is 3.52. The molecule has 0 aromatic rings. The zero-order chi connectivity index (χ0) is 12.3. The van der Waals surface area contributed by atoms with Gasteiger partial charge in [-0.15, -0.1) is 0 Å². The molecule has 1 heterocycles. The van der Waals surface area contributed by atoms with Gasteiger partial charge in [-0.1, -0.05) is 6.92 Å². The summed E-state index contributed by atoms with van der Waals surface area (Å²) in [5.41, 5.74) is -1.45. The number of β-amino-alcohol motifs (C(OH)–C–C–N with tert-alkyl or cyclic N) is 1. The van der Waals surface area contributed by atoms with E-state index in [0.29, 0.717) is 6.61 Å². The molecule has 6 nitrogen and oxygen atoms in total. The number of aliphatic hydroxyl groups is 4. The third-order valence-electron chi connectivity index (χ3n) is 2.85. The molecule has 1 saturated heterocycles. The van der Waals surface area contributed by atoms with Gasteiger partial charge >= 0.3 is 0 Å². The highest BCUT2D eigenvalue weighted by Gasteiger charge is 2.48. The Morgan fingerprint density at radius 2 is 2.06 bits per heavy atom. The summed E-state index contributed by atoms with van der Waals surface area (Å²) in [5, 5.41) is 39.8. The lowest BCUT2D eigenvalue weighted by Crippen LogP contribution is -2.67. The lowest BCUT2D eigenvalue weighted by Gasteiger charge is -2.46. The first kappa shape index (κ1) is 13.8. The van der Waals surface area contributed by atoms with Gasteiger partial charge in [0.1, 0.15) is 17.8 Å². The molecule has 96 valence electrons. The fourth-order valence-corrected chi connectivity index (χ4v) is 1.82. The summed E-state index contributed by atoms with van der Waals surface area (Å²) in [6, 6.07) is -0.707. The first-order chi connectivity index (χ1) is 7.44. The lowest BCUT2D eigenvalue weighted by molar-refractivity contribution is -0.289. The van der Waals surface area contributed by atoms with Crippen molar-refractivity contribution in [2.24, 2.45) is 0 Å². The van der Waals surface area contributed by atoms with Crippen molar-refractivity contribution in [3.63, 3.8) is 0 Å². The molecule has 0 aliphatic carbocycles. The summed E-state index contributed by atoms with van der Waals surface area (Å²) in [5.74, 6) is 0. The van der Waals surface area contributed by atoms with Crippen molar-refractivity contribution in [2.75, 3.05) is 19.8 Å². The summed E-state index contributed by atoms with van der Waals surface area (Å²) in [7, 11) is 0. The van der Waals surface area contributed by atoms with Crippen LogP contribution in [0.5, 0.6) is 0 Å². The maximum absolute atomic E-state index is 9.88. The molecule has 0 aromatic heterocycles. The SMILES string of the molecule is CCCON1C[C@](C)(O)[C@@H](O)[C@H](O)[C@H]1CO. The molecule has 0 unspecified atom stereocenters. The Labute approximate surface area is 95.0 Å². The molecule has 1 fully saturated rings. The summed E-state index contributed by atoms with van der Waals surface area (Å²) in [6.07, 6.45) is -1.73. The minimum Gasteiger partial charge on any atom is -0.395 e. The van der Waals surface area contributed by atoms with Crippen molar-refractivity contribution in [3.8, 4) is 0 Å². The minimum absolute atomic E-state index is 0.0520. The molecule has 4 atom stereocenters. The van der Waals surface area contributed by atoms with Crippen LogP contribution in [0.1, 0.15) is 20.3 Å².